The molecule has 2 rings (SSSR count). The van der Waals surface area contributed by atoms with Crippen LogP contribution in [0.1, 0.15) is 37.4 Å². The quantitative estimate of drug-likeness (QED) is 0.755. The molecule has 0 spiro atoms. The van der Waals surface area contributed by atoms with E-state index in [0.29, 0.717) is 18.5 Å². The lowest BCUT2D eigenvalue weighted by molar-refractivity contribution is -0.135. The highest BCUT2D eigenvalue weighted by molar-refractivity contribution is 5.84. The normalized spacial score (nSPS) is 17.0. The fourth-order valence-corrected chi connectivity index (χ4v) is 2.50. The summed E-state index contributed by atoms with van der Waals surface area (Å²) in [6.07, 6.45) is 2.42. The van der Waals surface area contributed by atoms with Gasteiger partial charge in [-0.05, 0) is 30.5 Å². The van der Waals surface area contributed by atoms with Gasteiger partial charge in [0.05, 0.1) is 12.6 Å². The van der Waals surface area contributed by atoms with Gasteiger partial charge in [0.2, 0.25) is 11.8 Å². The highest BCUT2D eigenvalue weighted by atomic mass is 16.3. The molecule has 2 amide bonds. The van der Waals surface area contributed by atoms with Crippen LogP contribution in [0.25, 0.3) is 0 Å². The molecule has 0 saturated carbocycles. The second kappa shape index (κ2) is 7.79. The Morgan fingerprint density at radius 3 is 2.91 bits per heavy atom. The maximum atomic E-state index is 11.9. The smallest absolute Gasteiger partial charge is 0.239 e. The molecular weight excluding hydrogens is 284 g/mol. The minimum absolute atomic E-state index is 0.0150. The van der Waals surface area contributed by atoms with Crippen LogP contribution in [0.4, 0.5) is 0 Å². The van der Waals surface area contributed by atoms with E-state index in [4.69, 9.17) is 0 Å². The summed E-state index contributed by atoms with van der Waals surface area (Å²) in [6.45, 7) is 0.692. The average molecular weight is 306 g/mol. The van der Waals surface area contributed by atoms with Gasteiger partial charge in [-0.1, -0.05) is 18.6 Å². The van der Waals surface area contributed by atoms with Crippen LogP contribution >= 0.6 is 0 Å². The highest BCUT2D eigenvalue weighted by Crippen LogP contribution is 2.17. The Morgan fingerprint density at radius 1 is 1.32 bits per heavy atom. The monoisotopic (exact) mass is 306 g/mol. The second-order valence-corrected chi connectivity index (χ2v) is 5.54. The first-order valence-corrected chi connectivity index (χ1v) is 7.58. The van der Waals surface area contributed by atoms with Crippen LogP contribution in [-0.2, 0) is 9.59 Å². The number of carbonyl (C=O) groups excluding carboxylic acids is 2. The first-order valence-electron chi connectivity index (χ1n) is 7.58. The van der Waals surface area contributed by atoms with Crippen LogP contribution in [-0.4, -0.2) is 46.6 Å². The Kier molecular flexibility index (Phi) is 5.77. The van der Waals surface area contributed by atoms with E-state index < -0.39 is 6.10 Å². The number of likely N-dealkylation sites (tertiary alicyclic amines) is 1. The third-order valence-electron chi connectivity index (χ3n) is 3.75. The molecule has 120 valence electrons. The van der Waals surface area contributed by atoms with Crippen molar-refractivity contribution >= 4 is 11.8 Å². The Balaban J connectivity index is 1.80. The lowest BCUT2D eigenvalue weighted by atomic mass is 10.1. The number of hydrogen-bond donors (Lipinski definition) is 3. The van der Waals surface area contributed by atoms with Crippen LogP contribution in [0.5, 0.6) is 5.75 Å². The van der Waals surface area contributed by atoms with Gasteiger partial charge in [-0.3, -0.25) is 9.59 Å². The van der Waals surface area contributed by atoms with E-state index in [-0.39, 0.29) is 30.7 Å². The minimum atomic E-state index is -0.893. The summed E-state index contributed by atoms with van der Waals surface area (Å²) in [4.78, 5) is 25.3. The number of carbonyl (C=O) groups is 2. The number of amides is 2. The minimum Gasteiger partial charge on any atom is -0.508 e. The zero-order valence-corrected chi connectivity index (χ0v) is 12.5. The molecule has 1 aliphatic rings. The maximum Gasteiger partial charge on any atom is 0.239 e. The molecule has 1 saturated heterocycles. The summed E-state index contributed by atoms with van der Waals surface area (Å²) in [5.41, 5.74) is 0.533. The molecule has 0 aromatic heterocycles. The molecule has 1 aromatic rings. The van der Waals surface area contributed by atoms with Crippen molar-refractivity contribution in [3.8, 4) is 5.75 Å². The van der Waals surface area contributed by atoms with Crippen LogP contribution in [0, 0.1) is 0 Å². The van der Waals surface area contributed by atoms with Crippen molar-refractivity contribution in [1.82, 2.24) is 10.2 Å². The SMILES string of the molecule is O=C(CN1CCCCCC1=O)NC[C@@H](O)c1cccc(O)c1. The van der Waals surface area contributed by atoms with Gasteiger partial charge in [-0.15, -0.1) is 0 Å². The molecule has 3 N–H and O–H groups in total. The van der Waals surface area contributed by atoms with Gasteiger partial charge < -0.3 is 20.4 Å². The van der Waals surface area contributed by atoms with Crippen LogP contribution in [0.15, 0.2) is 24.3 Å². The molecule has 0 aliphatic carbocycles. The number of aliphatic hydroxyl groups is 1. The largest absolute Gasteiger partial charge is 0.508 e. The van der Waals surface area contributed by atoms with Crippen molar-refractivity contribution in [1.29, 1.82) is 0 Å². The zero-order chi connectivity index (χ0) is 15.9. The molecule has 0 bridgehead atoms. The van der Waals surface area contributed by atoms with E-state index in [1.807, 2.05) is 0 Å². The van der Waals surface area contributed by atoms with E-state index in [0.717, 1.165) is 19.3 Å². The van der Waals surface area contributed by atoms with Crippen molar-refractivity contribution in [2.24, 2.45) is 0 Å². The van der Waals surface area contributed by atoms with Crippen molar-refractivity contribution in [3.05, 3.63) is 29.8 Å². The molecule has 1 fully saturated rings. The first kappa shape index (κ1) is 16.3. The fourth-order valence-electron chi connectivity index (χ4n) is 2.50. The number of phenolic OH excluding ortho intramolecular Hbond substituents is 1. The summed E-state index contributed by atoms with van der Waals surface area (Å²) in [7, 11) is 0. The van der Waals surface area contributed by atoms with E-state index in [9.17, 15) is 19.8 Å². The van der Waals surface area contributed by atoms with E-state index in [1.165, 1.54) is 12.1 Å². The fraction of sp³-hybridized carbons (Fsp3) is 0.500. The van der Waals surface area contributed by atoms with Gasteiger partial charge >= 0.3 is 0 Å². The molecule has 22 heavy (non-hydrogen) atoms. The van der Waals surface area contributed by atoms with Gasteiger partial charge in [0.15, 0.2) is 0 Å². The van der Waals surface area contributed by atoms with Crippen molar-refractivity contribution < 1.29 is 19.8 Å². The average Bonchev–Trinajstić information content (AvgIpc) is 2.70. The lowest BCUT2D eigenvalue weighted by Crippen LogP contribution is -2.41. The van der Waals surface area contributed by atoms with Gasteiger partial charge in [0.1, 0.15) is 5.75 Å². The van der Waals surface area contributed by atoms with Crippen LogP contribution in [0.3, 0.4) is 0 Å². The molecule has 6 heteroatoms. The predicted molar refractivity (Wildman–Crippen MR) is 81.1 cm³/mol. The van der Waals surface area contributed by atoms with Crippen molar-refractivity contribution in [2.45, 2.75) is 31.8 Å². The van der Waals surface area contributed by atoms with Gasteiger partial charge in [0, 0.05) is 19.5 Å². The second-order valence-electron chi connectivity index (χ2n) is 5.54. The number of aliphatic hydroxyl groups excluding tert-OH is 1. The first-order chi connectivity index (χ1) is 10.6. The lowest BCUT2D eigenvalue weighted by Gasteiger charge is -2.20. The standard InChI is InChI=1S/C16H22N2O4/c19-13-6-4-5-12(9-13)14(20)10-17-15(21)11-18-8-3-1-2-7-16(18)22/h4-6,9,14,19-20H,1-3,7-8,10-11H2,(H,17,21)/t14-/m1/s1. The molecule has 1 aromatic carbocycles. The molecule has 1 aliphatic heterocycles. The van der Waals surface area contributed by atoms with Gasteiger partial charge in [0.25, 0.3) is 0 Å². The van der Waals surface area contributed by atoms with Crippen LogP contribution < -0.4 is 5.32 Å². The molecular formula is C16H22N2O4. The van der Waals surface area contributed by atoms with E-state index >= 15 is 0 Å². The Hall–Kier alpha value is -2.08. The number of hydrogen-bond acceptors (Lipinski definition) is 4. The zero-order valence-electron chi connectivity index (χ0n) is 12.5. The number of nitrogens with zero attached hydrogens (tertiary/aromatic N) is 1. The van der Waals surface area contributed by atoms with Gasteiger partial charge in [-0.25, -0.2) is 0 Å². The summed E-state index contributed by atoms with van der Waals surface area (Å²) >= 11 is 0. The molecule has 6 nitrogen and oxygen atoms in total. The summed E-state index contributed by atoms with van der Waals surface area (Å²) in [5.74, 6) is -0.200. The van der Waals surface area contributed by atoms with Crippen molar-refractivity contribution in [2.75, 3.05) is 19.6 Å². The number of benzene rings is 1. The summed E-state index contributed by atoms with van der Waals surface area (Å²) < 4.78 is 0. The topological polar surface area (TPSA) is 89.9 Å². The molecule has 1 atom stereocenters. The molecule has 1 heterocycles. The van der Waals surface area contributed by atoms with Gasteiger partial charge in [-0.2, -0.15) is 0 Å². The number of rotatable bonds is 5. The van der Waals surface area contributed by atoms with E-state index in [2.05, 4.69) is 5.32 Å². The third kappa shape index (κ3) is 4.73. The Morgan fingerprint density at radius 2 is 2.14 bits per heavy atom. The predicted octanol–water partition coefficient (Wildman–Crippen LogP) is 0.944. The maximum absolute atomic E-state index is 11.9. The Bertz CT molecular complexity index is 533. The Labute approximate surface area is 129 Å². The van der Waals surface area contributed by atoms with Crippen LogP contribution in [0.2, 0.25) is 0 Å². The number of nitrogens with one attached hydrogen (secondary N) is 1. The highest BCUT2D eigenvalue weighted by Gasteiger charge is 2.19. The molecule has 0 radical (unpaired) electrons. The number of phenols is 1. The van der Waals surface area contributed by atoms with Crippen molar-refractivity contribution in [3.63, 3.8) is 0 Å². The van der Waals surface area contributed by atoms with E-state index in [1.54, 1.807) is 17.0 Å². The summed E-state index contributed by atoms with van der Waals surface area (Å²) in [6, 6.07) is 6.27. The summed E-state index contributed by atoms with van der Waals surface area (Å²) in [5, 5.41) is 22.0. The number of aromatic hydroxyl groups is 1. The third-order valence-corrected chi connectivity index (χ3v) is 3.75. The molecule has 0 unspecified atom stereocenters.